The minimum absolute atomic E-state index is 0.0191. The van der Waals surface area contributed by atoms with Crippen LogP contribution in [0.4, 0.5) is 11.5 Å². The van der Waals surface area contributed by atoms with E-state index in [-0.39, 0.29) is 11.9 Å². The van der Waals surface area contributed by atoms with Crippen LogP contribution in [-0.4, -0.2) is 29.0 Å². The number of aromatic nitrogens is 2. The van der Waals surface area contributed by atoms with E-state index >= 15 is 0 Å². The fourth-order valence-electron chi connectivity index (χ4n) is 2.50. The topological polar surface area (TPSA) is 76.1 Å². The second kappa shape index (κ2) is 8.31. The molecular weight excluding hydrogens is 340 g/mol. The van der Waals surface area contributed by atoms with Gasteiger partial charge >= 0.3 is 0 Å². The molecule has 1 aromatic heterocycles. The molecule has 2 aromatic carbocycles. The molecule has 0 saturated carbocycles. The molecular formula is C21H22N4O2. The molecule has 0 aliphatic rings. The zero-order valence-electron chi connectivity index (χ0n) is 15.6. The van der Waals surface area contributed by atoms with Crippen LogP contribution in [0.3, 0.4) is 0 Å². The van der Waals surface area contributed by atoms with Crippen LogP contribution in [0.1, 0.15) is 24.3 Å². The number of ether oxygens (including phenoxy) is 1. The predicted molar refractivity (Wildman–Crippen MR) is 106 cm³/mol. The Morgan fingerprint density at radius 1 is 1.00 bits per heavy atom. The molecule has 3 rings (SSSR count). The van der Waals surface area contributed by atoms with Gasteiger partial charge in [0.05, 0.1) is 7.11 Å². The number of carbonyl (C=O) groups is 1. The normalized spacial score (nSPS) is 10.5. The van der Waals surface area contributed by atoms with Gasteiger partial charge in [-0.3, -0.25) is 4.79 Å². The highest BCUT2D eigenvalue weighted by atomic mass is 16.5. The molecule has 0 saturated heterocycles. The monoisotopic (exact) mass is 362 g/mol. The molecule has 3 aromatic rings. The fraction of sp³-hybridized carbons (Fsp3) is 0.190. The van der Waals surface area contributed by atoms with Crippen LogP contribution in [0.5, 0.6) is 5.75 Å². The Morgan fingerprint density at radius 2 is 1.70 bits per heavy atom. The quantitative estimate of drug-likeness (QED) is 0.692. The first-order valence-electron chi connectivity index (χ1n) is 8.71. The van der Waals surface area contributed by atoms with Gasteiger partial charge in [-0.05, 0) is 38.1 Å². The molecule has 0 bridgehead atoms. The number of methoxy groups -OCH3 is 1. The van der Waals surface area contributed by atoms with E-state index in [1.807, 2.05) is 68.4 Å². The van der Waals surface area contributed by atoms with Crippen LogP contribution < -0.4 is 15.4 Å². The number of anilines is 2. The fourth-order valence-corrected chi connectivity index (χ4v) is 2.50. The van der Waals surface area contributed by atoms with E-state index in [1.165, 1.54) is 0 Å². The third kappa shape index (κ3) is 4.82. The third-order valence-corrected chi connectivity index (χ3v) is 3.77. The van der Waals surface area contributed by atoms with Crippen LogP contribution in [0.15, 0.2) is 60.7 Å². The van der Waals surface area contributed by atoms with Gasteiger partial charge in [-0.15, -0.1) is 0 Å². The minimum Gasteiger partial charge on any atom is -0.497 e. The molecule has 1 amide bonds. The number of benzene rings is 2. The highest BCUT2D eigenvalue weighted by Gasteiger charge is 2.14. The third-order valence-electron chi connectivity index (χ3n) is 3.77. The molecule has 27 heavy (non-hydrogen) atoms. The van der Waals surface area contributed by atoms with E-state index in [9.17, 15) is 4.79 Å². The van der Waals surface area contributed by atoms with Gasteiger partial charge in [-0.1, -0.05) is 30.3 Å². The van der Waals surface area contributed by atoms with E-state index in [0.29, 0.717) is 17.3 Å². The van der Waals surface area contributed by atoms with Crippen molar-refractivity contribution in [1.82, 2.24) is 15.3 Å². The van der Waals surface area contributed by atoms with Gasteiger partial charge in [0.1, 0.15) is 17.3 Å². The molecule has 0 aliphatic heterocycles. The van der Waals surface area contributed by atoms with Gasteiger partial charge in [0.2, 0.25) is 0 Å². The maximum absolute atomic E-state index is 12.5. The summed E-state index contributed by atoms with van der Waals surface area (Å²) in [4.78, 5) is 21.5. The first-order valence-corrected chi connectivity index (χ1v) is 8.71. The van der Waals surface area contributed by atoms with Crippen molar-refractivity contribution < 1.29 is 9.53 Å². The molecule has 0 radical (unpaired) electrons. The highest BCUT2D eigenvalue weighted by molar-refractivity contribution is 5.93. The number of carbonyl (C=O) groups excluding carboxylic acids is 1. The summed E-state index contributed by atoms with van der Waals surface area (Å²) in [5.41, 5.74) is 1.99. The number of hydrogen-bond donors (Lipinski definition) is 2. The maximum atomic E-state index is 12.5. The Kier molecular flexibility index (Phi) is 5.66. The lowest BCUT2D eigenvalue weighted by atomic mass is 10.2. The first-order chi connectivity index (χ1) is 13.0. The van der Waals surface area contributed by atoms with Crippen LogP contribution in [-0.2, 0) is 0 Å². The lowest BCUT2D eigenvalue weighted by Crippen LogP contribution is -2.31. The van der Waals surface area contributed by atoms with Crippen molar-refractivity contribution in [3.05, 3.63) is 66.4 Å². The molecule has 0 fully saturated rings. The van der Waals surface area contributed by atoms with Crippen molar-refractivity contribution in [2.45, 2.75) is 19.9 Å². The van der Waals surface area contributed by atoms with Gasteiger partial charge in [0.15, 0.2) is 5.82 Å². The molecule has 0 aliphatic carbocycles. The number of nitrogens with zero attached hydrogens (tertiary/aromatic N) is 2. The van der Waals surface area contributed by atoms with E-state index < -0.39 is 0 Å². The Balaban J connectivity index is 1.97. The second-order valence-electron chi connectivity index (χ2n) is 6.31. The van der Waals surface area contributed by atoms with Gasteiger partial charge in [-0.2, -0.15) is 0 Å². The predicted octanol–water partition coefficient (Wildman–Crippen LogP) is 4.03. The van der Waals surface area contributed by atoms with E-state index in [2.05, 4.69) is 20.6 Å². The zero-order valence-corrected chi connectivity index (χ0v) is 15.6. The maximum Gasteiger partial charge on any atom is 0.270 e. The Hall–Kier alpha value is -3.41. The molecule has 6 heteroatoms. The van der Waals surface area contributed by atoms with Crippen molar-refractivity contribution in [2.75, 3.05) is 12.4 Å². The lowest BCUT2D eigenvalue weighted by molar-refractivity contribution is 0.0938. The van der Waals surface area contributed by atoms with E-state index in [0.717, 1.165) is 17.0 Å². The van der Waals surface area contributed by atoms with E-state index in [4.69, 9.17) is 4.74 Å². The van der Waals surface area contributed by atoms with Crippen LogP contribution in [0.2, 0.25) is 0 Å². The average molecular weight is 362 g/mol. The zero-order chi connectivity index (χ0) is 19.2. The van der Waals surface area contributed by atoms with Crippen LogP contribution in [0, 0.1) is 0 Å². The molecule has 6 nitrogen and oxygen atoms in total. The summed E-state index contributed by atoms with van der Waals surface area (Å²) in [6, 6.07) is 18.7. The van der Waals surface area contributed by atoms with Crippen molar-refractivity contribution >= 4 is 17.4 Å². The van der Waals surface area contributed by atoms with Crippen molar-refractivity contribution in [2.24, 2.45) is 0 Å². The van der Waals surface area contributed by atoms with Crippen LogP contribution in [0.25, 0.3) is 11.4 Å². The largest absolute Gasteiger partial charge is 0.497 e. The standard InChI is InChI=1S/C21H22N4O2/c1-14(2)22-21(26)18-13-19(23-16-9-11-17(27-3)12-10-16)25-20(24-18)15-7-5-4-6-8-15/h4-14H,1-3H3,(H,22,26)(H,23,24,25). The number of amides is 1. The Morgan fingerprint density at radius 3 is 2.33 bits per heavy atom. The first kappa shape index (κ1) is 18.4. The molecule has 0 atom stereocenters. The molecule has 0 spiro atoms. The van der Waals surface area contributed by atoms with Gasteiger partial charge in [-0.25, -0.2) is 9.97 Å². The van der Waals surface area contributed by atoms with Gasteiger partial charge < -0.3 is 15.4 Å². The van der Waals surface area contributed by atoms with Gasteiger partial charge in [0, 0.05) is 23.4 Å². The SMILES string of the molecule is COc1ccc(Nc2cc(C(=O)NC(C)C)nc(-c3ccccc3)n2)cc1. The van der Waals surface area contributed by atoms with Gasteiger partial charge in [0.25, 0.3) is 5.91 Å². The summed E-state index contributed by atoms with van der Waals surface area (Å²) in [5, 5.41) is 6.10. The Bertz CT molecular complexity index is 909. The van der Waals surface area contributed by atoms with E-state index in [1.54, 1.807) is 13.2 Å². The molecule has 0 unspecified atom stereocenters. The number of hydrogen-bond acceptors (Lipinski definition) is 5. The van der Waals surface area contributed by atoms with Crippen LogP contribution >= 0.6 is 0 Å². The summed E-state index contributed by atoms with van der Waals surface area (Å²) in [6.07, 6.45) is 0. The molecule has 2 N–H and O–H groups in total. The summed E-state index contributed by atoms with van der Waals surface area (Å²) < 4.78 is 5.18. The van der Waals surface area contributed by atoms with Crippen molar-refractivity contribution in [1.29, 1.82) is 0 Å². The summed E-state index contributed by atoms with van der Waals surface area (Å²) in [7, 11) is 1.62. The van der Waals surface area contributed by atoms with Crippen molar-refractivity contribution in [3.8, 4) is 17.1 Å². The average Bonchev–Trinajstić information content (AvgIpc) is 2.68. The number of nitrogens with one attached hydrogen (secondary N) is 2. The molecule has 138 valence electrons. The Labute approximate surface area is 158 Å². The lowest BCUT2D eigenvalue weighted by Gasteiger charge is -2.12. The molecule has 1 heterocycles. The summed E-state index contributed by atoms with van der Waals surface area (Å²) in [5.74, 6) is 1.57. The van der Waals surface area contributed by atoms with Crippen molar-refractivity contribution in [3.63, 3.8) is 0 Å². The second-order valence-corrected chi connectivity index (χ2v) is 6.31. The highest BCUT2D eigenvalue weighted by Crippen LogP contribution is 2.22. The summed E-state index contributed by atoms with van der Waals surface area (Å²) in [6.45, 7) is 3.82. The minimum atomic E-state index is -0.234. The number of rotatable bonds is 6. The summed E-state index contributed by atoms with van der Waals surface area (Å²) >= 11 is 0. The smallest absolute Gasteiger partial charge is 0.270 e.